The third-order valence-corrected chi connectivity index (χ3v) is 4.88. The van der Waals surface area contributed by atoms with Crippen molar-refractivity contribution in [1.29, 1.82) is 0 Å². The Balaban J connectivity index is 2.49. The van der Waals surface area contributed by atoms with Crippen molar-refractivity contribution >= 4 is 12.6 Å². The van der Waals surface area contributed by atoms with Crippen LogP contribution in [0.1, 0.15) is 78.4 Å². The van der Waals surface area contributed by atoms with Gasteiger partial charge < -0.3 is 9.31 Å². The maximum Gasteiger partial charge on any atom is 0.495 e. The number of benzene rings is 1. The summed E-state index contributed by atoms with van der Waals surface area (Å²) in [5, 5.41) is 0. The molecule has 2 rings (SSSR count). The molecule has 116 valence electrons. The zero-order valence-corrected chi connectivity index (χ0v) is 14.8. The second-order valence-electron chi connectivity index (χ2n) is 7.75. The highest BCUT2D eigenvalue weighted by molar-refractivity contribution is 6.62. The largest absolute Gasteiger partial charge is 0.495 e. The van der Waals surface area contributed by atoms with Gasteiger partial charge in [0, 0.05) is 0 Å². The van der Waals surface area contributed by atoms with Crippen LogP contribution < -0.4 is 5.46 Å². The molecular weight excluding hydrogens is 259 g/mol. The van der Waals surface area contributed by atoms with Crippen molar-refractivity contribution in [2.24, 2.45) is 0 Å². The topological polar surface area (TPSA) is 18.5 Å². The molecule has 0 N–H and O–H groups in total. The first kappa shape index (κ1) is 16.6. The standard InChI is InChI=1S/C18H29BO2/c1-12(2)14-10-9-11-15(16(14)13(3)4)19-20-17(5,6)18(7,8)21-19/h9-13H,1-8H3. The molecule has 0 bridgehead atoms. The monoisotopic (exact) mass is 288 g/mol. The van der Waals surface area contributed by atoms with Crippen LogP contribution in [0.3, 0.4) is 0 Å². The molecular formula is C18H29BO2. The fourth-order valence-electron chi connectivity index (χ4n) is 2.95. The van der Waals surface area contributed by atoms with Crippen molar-refractivity contribution in [3.05, 3.63) is 29.3 Å². The van der Waals surface area contributed by atoms with Crippen LogP contribution in [-0.4, -0.2) is 18.3 Å². The van der Waals surface area contributed by atoms with E-state index >= 15 is 0 Å². The molecule has 1 saturated heterocycles. The first-order valence-corrected chi connectivity index (χ1v) is 8.05. The summed E-state index contributed by atoms with van der Waals surface area (Å²) in [5.41, 5.74) is 3.39. The Bertz CT molecular complexity index is 502. The van der Waals surface area contributed by atoms with Crippen molar-refractivity contribution in [3.8, 4) is 0 Å². The normalized spacial score (nSPS) is 20.6. The van der Waals surface area contributed by atoms with Gasteiger partial charge >= 0.3 is 7.12 Å². The molecule has 0 atom stereocenters. The summed E-state index contributed by atoms with van der Waals surface area (Å²) in [4.78, 5) is 0. The van der Waals surface area contributed by atoms with Gasteiger partial charge in [0.25, 0.3) is 0 Å². The Morgan fingerprint density at radius 2 is 1.38 bits per heavy atom. The molecule has 0 aliphatic carbocycles. The first-order valence-electron chi connectivity index (χ1n) is 8.05. The molecule has 21 heavy (non-hydrogen) atoms. The highest BCUT2D eigenvalue weighted by Gasteiger charge is 2.52. The van der Waals surface area contributed by atoms with Gasteiger partial charge in [-0.2, -0.15) is 0 Å². The van der Waals surface area contributed by atoms with Gasteiger partial charge in [0.1, 0.15) is 0 Å². The van der Waals surface area contributed by atoms with Crippen LogP contribution in [-0.2, 0) is 9.31 Å². The van der Waals surface area contributed by atoms with E-state index in [-0.39, 0.29) is 18.3 Å². The second kappa shape index (κ2) is 5.44. The average molecular weight is 288 g/mol. The summed E-state index contributed by atoms with van der Waals surface area (Å²) < 4.78 is 12.5. The van der Waals surface area contributed by atoms with Gasteiger partial charge in [0.2, 0.25) is 0 Å². The lowest BCUT2D eigenvalue weighted by atomic mass is 9.71. The summed E-state index contributed by atoms with van der Waals surface area (Å²) in [5.74, 6) is 0.961. The quantitative estimate of drug-likeness (QED) is 0.775. The van der Waals surface area contributed by atoms with Crippen LogP contribution in [0.15, 0.2) is 18.2 Å². The van der Waals surface area contributed by atoms with Gasteiger partial charge in [-0.15, -0.1) is 0 Å². The van der Waals surface area contributed by atoms with E-state index in [1.165, 1.54) is 16.6 Å². The highest BCUT2D eigenvalue weighted by Crippen LogP contribution is 2.37. The number of hydrogen-bond acceptors (Lipinski definition) is 2. The van der Waals surface area contributed by atoms with Crippen LogP contribution >= 0.6 is 0 Å². The van der Waals surface area contributed by atoms with E-state index in [4.69, 9.17) is 9.31 Å². The molecule has 1 heterocycles. The third-order valence-electron chi connectivity index (χ3n) is 4.88. The van der Waals surface area contributed by atoms with Crippen molar-refractivity contribution in [1.82, 2.24) is 0 Å². The maximum atomic E-state index is 6.25. The smallest absolute Gasteiger partial charge is 0.399 e. The SMILES string of the molecule is CC(C)c1cccc(B2OC(C)(C)C(C)(C)O2)c1C(C)C. The van der Waals surface area contributed by atoms with Crippen molar-refractivity contribution < 1.29 is 9.31 Å². The van der Waals surface area contributed by atoms with Gasteiger partial charge in [0.05, 0.1) is 11.2 Å². The molecule has 1 aromatic rings. The minimum atomic E-state index is -0.292. The minimum absolute atomic E-state index is 0.272. The van der Waals surface area contributed by atoms with Gasteiger partial charge in [-0.25, -0.2) is 0 Å². The van der Waals surface area contributed by atoms with E-state index in [1.807, 2.05) is 0 Å². The summed E-state index contributed by atoms with van der Waals surface area (Å²) >= 11 is 0. The van der Waals surface area contributed by atoms with E-state index in [2.05, 4.69) is 73.6 Å². The lowest BCUT2D eigenvalue weighted by Crippen LogP contribution is -2.41. The van der Waals surface area contributed by atoms with Crippen molar-refractivity contribution in [2.45, 2.75) is 78.4 Å². The zero-order valence-electron chi connectivity index (χ0n) is 14.8. The Labute approximate surface area is 130 Å². The predicted octanol–water partition coefficient (Wildman–Crippen LogP) is 4.23. The van der Waals surface area contributed by atoms with Crippen molar-refractivity contribution in [2.75, 3.05) is 0 Å². The number of rotatable bonds is 3. The fourth-order valence-corrected chi connectivity index (χ4v) is 2.95. The minimum Gasteiger partial charge on any atom is -0.399 e. The summed E-state index contributed by atoms with van der Waals surface area (Å²) in [6.45, 7) is 17.4. The molecule has 1 aliphatic rings. The molecule has 0 saturated carbocycles. The molecule has 0 radical (unpaired) electrons. The second-order valence-corrected chi connectivity index (χ2v) is 7.75. The molecule has 0 unspecified atom stereocenters. The Morgan fingerprint density at radius 1 is 0.857 bits per heavy atom. The molecule has 0 aromatic heterocycles. The Kier molecular flexibility index (Phi) is 4.29. The van der Waals surface area contributed by atoms with E-state index < -0.39 is 0 Å². The number of hydrogen-bond donors (Lipinski definition) is 0. The van der Waals surface area contributed by atoms with Gasteiger partial charge in [-0.3, -0.25) is 0 Å². The molecule has 1 fully saturated rings. The predicted molar refractivity (Wildman–Crippen MR) is 90.3 cm³/mol. The maximum absolute atomic E-state index is 6.25. The fraction of sp³-hybridized carbons (Fsp3) is 0.667. The Morgan fingerprint density at radius 3 is 1.81 bits per heavy atom. The highest BCUT2D eigenvalue weighted by atomic mass is 16.7. The van der Waals surface area contributed by atoms with E-state index in [1.54, 1.807) is 0 Å². The zero-order chi connectivity index (χ0) is 16.0. The van der Waals surface area contributed by atoms with Crippen LogP contribution in [0.2, 0.25) is 0 Å². The van der Waals surface area contributed by atoms with Gasteiger partial charge in [0.15, 0.2) is 0 Å². The average Bonchev–Trinajstić information content (AvgIpc) is 2.57. The summed E-state index contributed by atoms with van der Waals surface area (Å²) in [6, 6.07) is 6.51. The molecule has 3 heteroatoms. The summed E-state index contributed by atoms with van der Waals surface area (Å²) in [6.07, 6.45) is 0. The van der Waals surface area contributed by atoms with Crippen LogP contribution in [0.5, 0.6) is 0 Å². The molecule has 1 aliphatic heterocycles. The van der Waals surface area contributed by atoms with Crippen LogP contribution in [0.4, 0.5) is 0 Å². The van der Waals surface area contributed by atoms with Crippen LogP contribution in [0, 0.1) is 0 Å². The molecule has 2 nitrogen and oxygen atoms in total. The lowest BCUT2D eigenvalue weighted by Gasteiger charge is -2.32. The molecule has 1 aromatic carbocycles. The summed E-state index contributed by atoms with van der Waals surface area (Å²) in [7, 11) is -0.272. The third kappa shape index (κ3) is 2.91. The first-order chi connectivity index (χ1) is 9.57. The van der Waals surface area contributed by atoms with E-state index in [0.717, 1.165) is 0 Å². The lowest BCUT2D eigenvalue weighted by molar-refractivity contribution is 0.00578. The van der Waals surface area contributed by atoms with Crippen molar-refractivity contribution in [3.63, 3.8) is 0 Å². The van der Waals surface area contributed by atoms with Gasteiger partial charge in [-0.1, -0.05) is 45.9 Å². The Hall–Kier alpha value is -0.795. The molecule has 0 amide bonds. The van der Waals surface area contributed by atoms with E-state index in [0.29, 0.717) is 11.8 Å². The van der Waals surface area contributed by atoms with Gasteiger partial charge in [-0.05, 0) is 56.1 Å². The van der Waals surface area contributed by atoms with E-state index in [9.17, 15) is 0 Å². The van der Waals surface area contributed by atoms with Crippen LogP contribution in [0.25, 0.3) is 0 Å². The molecule has 0 spiro atoms.